The van der Waals surface area contributed by atoms with Gasteiger partial charge in [-0.05, 0) is 0 Å². The number of amides is 1. The summed E-state index contributed by atoms with van der Waals surface area (Å²) in [6, 6.07) is 0. The molecule has 8 N–H and O–H groups in total. The maximum absolute atomic E-state index is 10.7. The second-order valence-corrected chi connectivity index (χ2v) is 2.68. The van der Waals surface area contributed by atoms with E-state index in [-0.39, 0.29) is 0 Å². The van der Waals surface area contributed by atoms with Gasteiger partial charge in [0.2, 0.25) is 0 Å². The van der Waals surface area contributed by atoms with Gasteiger partial charge >= 0.3 is 0 Å². The highest BCUT2D eigenvalue weighted by Gasteiger charge is 2.33. The molecule has 14 heavy (non-hydrogen) atoms. The summed E-state index contributed by atoms with van der Waals surface area (Å²) in [6.07, 6.45) is -7.39. The first kappa shape index (κ1) is 13.2. The molecule has 1 amide bonds. The Balaban J connectivity index is 4.30. The number of nitrogens with one attached hydrogen (secondary N) is 1. The minimum absolute atomic E-state index is 0.810. The predicted molar refractivity (Wildman–Crippen MR) is 43.4 cm³/mol. The number of carbonyl (C=O) groups excluding carboxylic acids is 1. The lowest BCUT2D eigenvalue weighted by atomic mass is 10.0. The molecule has 0 aromatic rings. The van der Waals surface area contributed by atoms with Crippen LogP contribution in [-0.2, 0) is 4.79 Å². The Bertz CT molecular complexity index is 189. The molecule has 0 aliphatic carbocycles. The van der Waals surface area contributed by atoms with Gasteiger partial charge in [-0.25, -0.2) is 5.84 Å². The van der Waals surface area contributed by atoms with Crippen LogP contribution in [0.15, 0.2) is 0 Å². The molecule has 8 nitrogen and oxygen atoms in total. The fourth-order valence-electron chi connectivity index (χ4n) is 0.763. The molecule has 0 aromatic heterocycles. The molecular formula is C6H14N2O6. The minimum atomic E-state index is -1.98. The molecule has 0 unspecified atom stereocenters. The van der Waals surface area contributed by atoms with E-state index in [1.54, 1.807) is 5.43 Å². The number of hydrogen-bond donors (Lipinski definition) is 7. The molecule has 0 aliphatic rings. The zero-order valence-electron chi connectivity index (χ0n) is 7.24. The standard InChI is InChI=1S/C6H14N2O6/c7-8-6(14)5(13)4(12)3(11)2(10)1-9/h2-5,9-13H,1,7H2,(H,8,14)/t2-,3-,4+,5+/m1/s1. The largest absolute Gasteiger partial charge is 0.394 e. The fourth-order valence-corrected chi connectivity index (χ4v) is 0.763. The van der Waals surface area contributed by atoms with Gasteiger partial charge in [0.15, 0.2) is 6.10 Å². The molecular weight excluding hydrogens is 196 g/mol. The average Bonchev–Trinajstić information content (AvgIpc) is 2.23. The third-order valence-electron chi connectivity index (χ3n) is 1.67. The Hall–Kier alpha value is -0.770. The summed E-state index contributed by atoms with van der Waals surface area (Å²) in [5.74, 6) is 3.55. The zero-order chi connectivity index (χ0) is 11.3. The number of carbonyl (C=O) groups is 1. The monoisotopic (exact) mass is 210 g/mol. The van der Waals surface area contributed by atoms with E-state index in [1.165, 1.54) is 0 Å². The normalized spacial score (nSPS) is 19.6. The first-order chi connectivity index (χ1) is 6.45. The molecule has 0 rings (SSSR count). The van der Waals surface area contributed by atoms with E-state index in [9.17, 15) is 4.79 Å². The molecule has 0 radical (unpaired) electrons. The predicted octanol–water partition coefficient (Wildman–Crippen LogP) is -4.59. The topological polar surface area (TPSA) is 156 Å². The van der Waals surface area contributed by atoms with Gasteiger partial charge in [0.1, 0.15) is 18.3 Å². The van der Waals surface area contributed by atoms with Crippen molar-refractivity contribution in [2.24, 2.45) is 5.84 Å². The fraction of sp³-hybridized carbons (Fsp3) is 0.833. The van der Waals surface area contributed by atoms with Crippen molar-refractivity contribution in [1.29, 1.82) is 0 Å². The van der Waals surface area contributed by atoms with Crippen LogP contribution in [-0.4, -0.2) is 62.5 Å². The summed E-state index contributed by atoms with van der Waals surface area (Å²) in [5.41, 5.74) is 1.55. The van der Waals surface area contributed by atoms with Crippen LogP contribution in [0.3, 0.4) is 0 Å². The van der Waals surface area contributed by atoms with Crippen LogP contribution in [0.5, 0.6) is 0 Å². The van der Waals surface area contributed by atoms with E-state index in [0.717, 1.165) is 0 Å². The molecule has 4 atom stereocenters. The number of rotatable bonds is 5. The van der Waals surface area contributed by atoms with Gasteiger partial charge in [-0.3, -0.25) is 10.2 Å². The van der Waals surface area contributed by atoms with Crippen molar-refractivity contribution in [3.8, 4) is 0 Å². The number of nitrogens with two attached hydrogens (primary N) is 1. The zero-order valence-corrected chi connectivity index (χ0v) is 7.24. The maximum Gasteiger partial charge on any atom is 0.265 e. The number of hydrogen-bond acceptors (Lipinski definition) is 7. The quantitative estimate of drug-likeness (QED) is 0.137. The molecule has 0 saturated heterocycles. The summed E-state index contributed by atoms with van der Waals surface area (Å²) in [7, 11) is 0. The Kier molecular flexibility index (Phi) is 5.53. The lowest BCUT2D eigenvalue weighted by Crippen LogP contribution is -2.52. The van der Waals surface area contributed by atoms with E-state index < -0.39 is 36.9 Å². The summed E-state index contributed by atoms with van der Waals surface area (Å²) in [4.78, 5) is 10.7. The van der Waals surface area contributed by atoms with Gasteiger partial charge in [0.05, 0.1) is 6.61 Å². The molecule has 0 aliphatic heterocycles. The molecule has 0 aromatic carbocycles. The third kappa shape index (κ3) is 3.18. The summed E-state index contributed by atoms with van der Waals surface area (Å²) < 4.78 is 0. The van der Waals surface area contributed by atoms with Gasteiger partial charge in [-0.2, -0.15) is 0 Å². The molecule has 8 heteroatoms. The Morgan fingerprint density at radius 3 is 2.07 bits per heavy atom. The van der Waals surface area contributed by atoms with Gasteiger partial charge in [0.25, 0.3) is 5.91 Å². The summed E-state index contributed by atoms with van der Waals surface area (Å²) in [5, 5.41) is 44.4. The van der Waals surface area contributed by atoms with Crippen LogP contribution in [0.4, 0.5) is 0 Å². The number of aliphatic hydroxyl groups is 5. The molecule has 0 fully saturated rings. The van der Waals surface area contributed by atoms with E-state index >= 15 is 0 Å². The Morgan fingerprint density at radius 2 is 1.71 bits per heavy atom. The van der Waals surface area contributed by atoms with E-state index in [2.05, 4.69) is 5.84 Å². The van der Waals surface area contributed by atoms with Crippen molar-refractivity contribution in [3.05, 3.63) is 0 Å². The highest BCUT2D eigenvalue weighted by molar-refractivity contribution is 5.80. The van der Waals surface area contributed by atoms with Crippen molar-refractivity contribution in [2.75, 3.05) is 6.61 Å². The lowest BCUT2D eigenvalue weighted by molar-refractivity contribution is -0.148. The van der Waals surface area contributed by atoms with Crippen LogP contribution < -0.4 is 11.3 Å². The van der Waals surface area contributed by atoms with Crippen molar-refractivity contribution < 1.29 is 30.3 Å². The molecule has 0 bridgehead atoms. The molecule has 84 valence electrons. The van der Waals surface area contributed by atoms with Crippen molar-refractivity contribution >= 4 is 5.91 Å². The first-order valence-electron chi connectivity index (χ1n) is 3.79. The van der Waals surface area contributed by atoms with Crippen LogP contribution in [0, 0.1) is 0 Å². The second kappa shape index (κ2) is 5.86. The first-order valence-corrected chi connectivity index (χ1v) is 3.79. The summed E-state index contributed by atoms with van der Waals surface area (Å²) >= 11 is 0. The van der Waals surface area contributed by atoms with Crippen LogP contribution >= 0.6 is 0 Å². The molecule has 0 spiro atoms. The Labute approximate surface area is 79.6 Å². The van der Waals surface area contributed by atoms with Crippen LogP contribution in [0.2, 0.25) is 0 Å². The molecule has 0 saturated carbocycles. The summed E-state index contributed by atoms with van der Waals surface area (Å²) in [6.45, 7) is -0.810. The van der Waals surface area contributed by atoms with E-state index in [0.29, 0.717) is 0 Å². The van der Waals surface area contributed by atoms with Crippen molar-refractivity contribution in [2.45, 2.75) is 24.4 Å². The van der Waals surface area contributed by atoms with E-state index in [1.807, 2.05) is 0 Å². The SMILES string of the molecule is NNC(=O)[C@@H](O)[C@@H](O)[C@H](O)[C@H](O)CO. The smallest absolute Gasteiger partial charge is 0.265 e. The van der Waals surface area contributed by atoms with Gasteiger partial charge in [0, 0.05) is 0 Å². The Morgan fingerprint density at radius 1 is 1.21 bits per heavy atom. The average molecular weight is 210 g/mol. The third-order valence-corrected chi connectivity index (χ3v) is 1.67. The van der Waals surface area contributed by atoms with Crippen molar-refractivity contribution in [3.63, 3.8) is 0 Å². The second-order valence-electron chi connectivity index (χ2n) is 2.68. The lowest BCUT2D eigenvalue weighted by Gasteiger charge is -2.24. The maximum atomic E-state index is 10.7. The van der Waals surface area contributed by atoms with Crippen LogP contribution in [0.1, 0.15) is 0 Å². The van der Waals surface area contributed by atoms with Crippen molar-refractivity contribution in [1.82, 2.24) is 5.43 Å². The van der Waals surface area contributed by atoms with Gasteiger partial charge < -0.3 is 25.5 Å². The van der Waals surface area contributed by atoms with Gasteiger partial charge in [-0.15, -0.1) is 0 Å². The number of hydrazine groups is 1. The van der Waals surface area contributed by atoms with E-state index in [4.69, 9.17) is 25.5 Å². The highest BCUT2D eigenvalue weighted by atomic mass is 16.4. The number of aliphatic hydroxyl groups excluding tert-OH is 5. The molecule has 0 heterocycles. The van der Waals surface area contributed by atoms with Gasteiger partial charge in [-0.1, -0.05) is 0 Å². The highest BCUT2D eigenvalue weighted by Crippen LogP contribution is 2.04. The van der Waals surface area contributed by atoms with Crippen LogP contribution in [0.25, 0.3) is 0 Å². The minimum Gasteiger partial charge on any atom is -0.394 e.